The maximum Gasteiger partial charge on any atom is 0.312 e. The van der Waals surface area contributed by atoms with Crippen LogP contribution in [0, 0.1) is 17.8 Å². The Labute approximate surface area is 237 Å². The summed E-state index contributed by atoms with van der Waals surface area (Å²) in [6.07, 6.45) is 3.49. The molecule has 3 saturated heterocycles. The number of amides is 2. The van der Waals surface area contributed by atoms with E-state index < -0.39 is 41.6 Å². The second-order valence-corrected chi connectivity index (χ2v) is 11.8. The zero-order valence-corrected chi connectivity index (χ0v) is 24.2. The smallest absolute Gasteiger partial charge is 0.312 e. The SMILES string of the molecule is C=CCCOC(=O)[C@H]1[C@@H]2OC3(CC2Br)C(C(=O)N(CC=C)c2ccc(OC)cc2)N([C@@H](CO)C(C)C)C(=O)[C@H]13. The summed E-state index contributed by atoms with van der Waals surface area (Å²) >= 11 is 3.66. The monoisotopic (exact) mass is 604 g/mol. The summed E-state index contributed by atoms with van der Waals surface area (Å²) in [4.78, 5) is 44.9. The number of methoxy groups -OCH3 is 1. The maximum absolute atomic E-state index is 14.6. The largest absolute Gasteiger partial charge is 0.497 e. The summed E-state index contributed by atoms with van der Waals surface area (Å²) in [5.74, 6) is -2.57. The van der Waals surface area contributed by atoms with E-state index in [1.54, 1.807) is 48.4 Å². The molecule has 212 valence electrons. The Morgan fingerprint density at radius 1 is 1.28 bits per heavy atom. The number of anilines is 1. The number of hydrogen-bond donors (Lipinski definition) is 1. The first-order chi connectivity index (χ1) is 18.7. The van der Waals surface area contributed by atoms with E-state index in [4.69, 9.17) is 14.2 Å². The van der Waals surface area contributed by atoms with Gasteiger partial charge in [0.2, 0.25) is 5.91 Å². The van der Waals surface area contributed by atoms with E-state index in [2.05, 4.69) is 29.1 Å². The van der Waals surface area contributed by atoms with E-state index in [9.17, 15) is 19.5 Å². The summed E-state index contributed by atoms with van der Waals surface area (Å²) in [6, 6.07) is 5.33. The Balaban J connectivity index is 1.80. The molecule has 0 aliphatic carbocycles. The van der Waals surface area contributed by atoms with Crippen LogP contribution in [-0.2, 0) is 23.9 Å². The summed E-state index contributed by atoms with van der Waals surface area (Å²) in [6.45, 7) is 11.3. The summed E-state index contributed by atoms with van der Waals surface area (Å²) in [5, 5.41) is 10.4. The first kappa shape index (κ1) is 29.3. The van der Waals surface area contributed by atoms with Gasteiger partial charge in [-0.1, -0.05) is 41.9 Å². The van der Waals surface area contributed by atoms with Gasteiger partial charge in [-0.15, -0.1) is 13.2 Å². The molecule has 3 fully saturated rings. The number of nitrogens with zero attached hydrogens (tertiary/aromatic N) is 2. The third-order valence-corrected chi connectivity index (χ3v) is 8.92. The van der Waals surface area contributed by atoms with E-state index in [0.29, 0.717) is 24.3 Å². The van der Waals surface area contributed by atoms with Gasteiger partial charge in [-0.2, -0.15) is 0 Å². The molecule has 3 heterocycles. The lowest BCUT2D eigenvalue weighted by atomic mass is 9.70. The van der Waals surface area contributed by atoms with Crippen molar-refractivity contribution in [3.05, 3.63) is 49.6 Å². The van der Waals surface area contributed by atoms with Gasteiger partial charge in [0.05, 0.1) is 44.3 Å². The lowest BCUT2D eigenvalue weighted by Crippen LogP contribution is -2.60. The average molecular weight is 606 g/mol. The van der Waals surface area contributed by atoms with Crippen LogP contribution < -0.4 is 9.64 Å². The first-order valence-electron chi connectivity index (χ1n) is 13.3. The highest BCUT2D eigenvalue weighted by Crippen LogP contribution is 2.61. The maximum atomic E-state index is 14.6. The molecule has 4 rings (SSSR count). The molecule has 9 nitrogen and oxygen atoms in total. The molecule has 1 N–H and O–H groups in total. The molecule has 2 amide bonds. The van der Waals surface area contributed by atoms with Gasteiger partial charge in [-0.3, -0.25) is 14.4 Å². The van der Waals surface area contributed by atoms with Crippen molar-refractivity contribution in [1.29, 1.82) is 0 Å². The van der Waals surface area contributed by atoms with Gasteiger partial charge < -0.3 is 29.1 Å². The van der Waals surface area contributed by atoms with E-state index in [0.717, 1.165) is 0 Å². The number of halogens is 1. The fraction of sp³-hybridized carbons (Fsp3) is 0.552. The minimum Gasteiger partial charge on any atom is -0.497 e. The first-order valence-corrected chi connectivity index (χ1v) is 14.2. The molecule has 2 bridgehead atoms. The zero-order valence-electron chi connectivity index (χ0n) is 22.6. The van der Waals surface area contributed by atoms with Crippen molar-refractivity contribution in [1.82, 2.24) is 4.90 Å². The van der Waals surface area contributed by atoms with Crippen molar-refractivity contribution in [2.24, 2.45) is 17.8 Å². The molecular formula is C29H37BrN2O7. The number of rotatable bonds is 12. The Kier molecular flexibility index (Phi) is 8.88. The van der Waals surface area contributed by atoms with Crippen LogP contribution in [0.15, 0.2) is 49.6 Å². The highest BCUT2D eigenvalue weighted by atomic mass is 79.9. The van der Waals surface area contributed by atoms with E-state index in [-0.39, 0.29) is 42.3 Å². The highest BCUT2D eigenvalue weighted by molar-refractivity contribution is 9.09. The predicted molar refractivity (Wildman–Crippen MR) is 150 cm³/mol. The lowest BCUT2D eigenvalue weighted by Gasteiger charge is -2.40. The molecular weight excluding hydrogens is 568 g/mol. The van der Waals surface area contributed by atoms with Crippen molar-refractivity contribution >= 4 is 39.4 Å². The van der Waals surface area contributed by atoms with Crippen molar-refractivity contribution < 1.29 is 33.7 Å². The molecule has 10 heteroatoms. The normalized spacial score (nSPS) is 29.7. The predicted octanol–water partition coefficient (Wildman–Crippen LogP) is 3.10. The quantitative estimate of drug-likeness (QED) is 0.169. The van der Waals surface area contributed by atoms with Gasteiger partial charge in [-0.25, -0.2) is 0 Å². The molecule has 1 spiro atoms. The lowest BCUT2D eigenvalue weighted by molar-refractivity contribution is -0.155. The molecule has 3 aliphatic heterocycles. The van der Waals surface area contributed by atoms with Crippen LogP contribution in [0.25, 0.3) is 0 Å². The molecule has 1 aromatic rings. The van der Waals surface area contributed by atoms with Gasteiger partial charge in [0, 0.05) is 17.1 Å². The average Bonchev–Trinajstić information content (AvgIpc) is 3.51. The number of ether oxygens (including phenoxy) is 3. The Hall–Kier alpha value is -2.69. The number of likely N-dealkylation sites (tertiary alicyclic amines) is 1. The molecule has 0 radical (unpaired) electrons. The van der Waals surface area contributed by atoms with E-state index >= 15 is 0 Å². The summed E-state index contributed by atoms with van der Waals surface area (Å²) in [7, 11) is 1.56. The van der Waals surface area contributed by atoms with Crippen molar-refractivity contribution in [2.45, 2.75) is 55.3 Å². The molecule has 0 saturated carbocycles. The Morgan fingerprint density at radius 3 is 2.54 bits per heavy atom. The topological polar surface area (TPSA) is 106 Å². The van der Waals surface area contributed by atoms with Crippen LogP contribution in [0.4, 0.5) is 5.69 Å². The van der Waals surface area contributed by atoms with Crippen LogP contribution in [0.1, 0.15) is 26.7 Å². The van der Waals surface area contributed by atoms with Crippen LogP contribution in [0.3, 0.4) is 0 Å². The van der Waals surface area contributed by atoms with Crippen LogP contribution in [0.2, 0.25) is 0 Å². The van der Waals surface area contributed by atoms with Gasteiger partial charge in [0.25, 0.3) is 5.91 Å². The second-order valence-electron chi connectivity index (χ2n) is 10.6. The number of fused-ring (bicyclic) bond motifs is 1. The van der Waals surface area contributed by atoms with Crippen molar-refractivity contribution in [3.8, 4) is 5.75 Å². The number of carbonyl (C=O) groups is 3. The highest BCUT2D eigenvalue weighted by Gasteiger charge is 2.77. The molecule has 7 atom stereocenters. The number of esters is 1. The zero-order chi connectivity index (χ0) is 28.5. The molecule has 3 aliphatic rings. The molecule has 3 unspecified atom stereocenters. The van der Waals surface area contributed by atoms with Crippen LogP contribution in [-0.4, -0.2) is 83.3 Å². The van der Waals surface area contributed by atoms with Gasteiger partial charge in [-0.05, 0) is 43.0 Å². The van der Waals surface area contributed by atoms with Crippen molar-refractivity contribution in [3.63, 3.8) is 0 Å². The number of hydrogen-bond acceptors (Lipinski definition) is 7. The Bertz CT molecular complexity index is 1110. The fourth-order valence-electron chi connectivity index (χ4n) is 6.29. The number of benzene rings is 1. The minimum absolute atomic E-state index is 0.147. The molecule has 1 aromatic carbocycles. The molecule has 0 aromatic heterocycles. The van der Waals surface area contributed by atoms with Gasteiger partial charge in [0.15, 0.2) is 0 Å². The summed E-state index contributed by atoms with van der Waals surface area (Å²) < 4.78 is 17.3. The van der Waals surface area contributed by atoms with Gasteiger partial charge in [0.1, 0.15) is 17.4 Å². The van der Waals surface area contributed by atoms with Gasteiger partial charge >= 0.3 is 5.97 Å². The van der Waals surface area contributed by atoms with Crippen molar-refractivity contribution in [2.75, 3.05) is 31.8 Å². The third-order valence-electron chi connectivity index (χ3n) is 8.08. The van der Waals surface area contributed by atoms with Crippen LogP contribution in [0.5, 0.6) is 5.75 Å². The standard InChI is InChI=1S/C29H37BrN2O7/c1-6-8-14-38-28(36)22-23-26(34)32(21(16-33)17(3)4)25(29(23)15-20(30)24(22)39-29)27(35)31(13-7-2)18-9-11-19(37-5)12-10-18/h6-7,9-12,17,20-25,33H,1-2,8,13-16H2,3-5H3/t20?,21-,22+,23-,24+,25?,29?/m0/s1. The van der Waals surface area contributed by atoms with E-state index in [1.165, 1.54) is 4.90 Å². The minimum atomic E-state index is -1.26. The van der Waals surface area contributed by atoms with Crippen LogP contribution >= 0.6 is 15.9 Å². The number of alkyl halides is 1. The number of aliphatic hydroxyl groups excluding tert-OH is 1. The van der Waals surface area contributed by atoms with E-state index in [1.807, 2.05) is 13.8 Å². The third kappa shape index (κ3) is 4.91. The molecule has 39 heavy (non-hydrogen) atoms. The Morgan fingerprint density at radius 2 is 1.97 bits per heavy atom. The second kappa shape index (κ2) is 11.8. The summed E-state index contributed by atoms with van der Waals surface area (Å²) in [5.41, 5.74) is -0.662. The number of carbonyl (C=O) groups excluding carboxylic acids is 3. The number of aliphatic hydroxyl groups is 1. The fourth-order valence-corrected chi connectivity index (χ4v) is 7.24.